The molecule has 3 aromatic carbocycles. The average molecular weight is 308 g/mol. The van der Waals surface area contributed by atoms with Gasteiger partial charge in [0.25, 0.3) is 0 Å². The number of benzene rings is 3. The first-order chi connectivity index (χ1) is 11.8. The Morgan fingerprint density at radius 3 is 2.12 bits per heavy atom. The number of hydrogen-bond acceptors (Lipinski definition) is 1. The summed E-state index contributed by atoms with van der Waals surface area (Å²) in [6.07, 6.45) is 8.01. The predicted molar refractivity (Wildman–Crippen MR) is 97.9 cm³/mol. The summed E-state index contributed by atoms with van der Waals surface area (Å²) < 4.78 is 6.38. The molecule has 0 fully saturated rings. The van der Waals surface area contributed by atoms with Crippen LogP contribution in [0.5, 0.6) is 0 Å². The van der Waals surface area contributed by atoms with Crippen molar-refractivity contribution in [2.24, 2.45) is 0 Å². The summed E-state index contributed by atoms with van der Waals surface area (Å²) >= 11 is 0. The minimum absolute atomic E-state index is 0.804. The van der Waals surface area contributed by atoms with Gasteiger partial charge >= 0.3 is 0 Å². The molecule has 0 saturated heterocycles. The van der Waals surface area contributed by atoms with Crippen LogP contribution >= 0.6 is 0 Å². The lowest BCUT2D eigenvalue weighted by Gasteiger charge is -2.24. The maximum absolute atomic E-state index is 6.38. The van der Waals surface area contributed by atoms with Gasteiger partial charge in [0, 0.05) is 16.7 Å². The van der Waals surface area contributed by atoms with Crippen LogP contribution in [0.3, 0.4) is 0 Å². The second-order valence-corrected chi connectivity index (χ2v) is 5.76. The Balaban J connectivity index is 1.91. The second kappa shape index (κ2) is 5.76. The van der Waals surface area contributed by atoms with E-state index in [4.69, 9.17) is 11.2 Å². The second-order valence-electron chi connectivity index (χ2n) is 5.76. The topological polar surface area (TPSA) is 9.23 Å². The van der Waals surface area contributed by atoms with Gasteiger partial charge in [0.2, 0.25) is 5.60 Å². The molecule has 1 atom stereocenters. The maximum Gasteiger partial charge on any atom is 0.221 e. The van der Waals surface area contributed by atoms with Gasteiger partial charge in [0.15, 0.2) is 0 Å². The van der Waals surface area contributed by atoms with E-state index in [0.29, 0.717) is 0 Å². The fourth-order valence-corrected chi connectivity index (χ4v) is 3.17. The van der Waals surface area contributed by atoms with Crippen molar-refractivity contribution < 1.29 is 4.74 Å². The number of ether oxygens (including phenoxy) is 1. The fourth-order valence-electron chi connectivity index (χ4n) is 3.17. The standard InChI is InChI=1S/C23H16O/c1-2-23(19-13-7-4-8-14-19)21-16-10-9-15-20(21)22(24-23)17-18-11-5-3-6-12-18/h1,3-17H/b22-17-/t23-/m1/s1. The van der Waals surface area contributed by atoms with E-state index in [1.54, 1.807) is 0 Å². The predicted octanol–water partition coefficient (Wildman–Crippen LogP) is 5.09. The zero-order valence-corrected chi connectivity index (χ0v) is 13.1. The fraction of sp³-hybridized carbons (Fsp3) is 0.0435. The van der Waals surface area contributed by atoms with Gasteiger partial charge in [0.1, 0.15) is 5.76 Å². The van der Waals surface area contributed by atoms with Crippen LogP contribution in [0.4, 0.5) is 0 Å². The molecule has 1 heterocycles. The van der Waals surface area contributed by atoms with E-state index in [1.807, 2.05) is 72.8 Å². The lowest BCUT2D eigenvalue weighted by Crippen LogP contribution is -2.24. The van der Waals surface area contributed by atoms with Crippen LogP contribution in [0.25, 0.3) is 11.8 Å². The van der Waals surface area contributed by atoms with Crippen molar-refractivity contribution >= 4 is 11.8 Å². The van der Waals surface area contributed by atoms with Crippen molar-refractivity contribution in [2.75, 3.05) is 0 Å². The van der Waals surface area contributed by atoms with Gasteiger partial charge < -0.3 is 4.74 Å². The summed E-state index contributed by atoms with van der Waals surface area (Å²) in [6.45, 7) is 0. The highest BCUT2D eigenvalue weighted by Crippen LogP contribution is 2.47. The maximum atomic E-state index is 6.38. The molecule has 0 N–H and O–H groups in total. The molecule has 1 heteroatoms. The Bertz CT molecular complexity index is 933. The van der Waals surface area contributed by atoms with Gasteiger partial charge in [-0.1, -0.05) is 84.9 Å². The Morgan fingerprint density at radius 1 is 0.792 bits per heavy atom. The van der Waals surface area contributed by atoms with Crippen LogP contribution < -0.4 is 0 Å². The van der Waals surface area contributed by atoms with Crippen molar-refractivity contribution in [1.29, 1.82) is 0 Å². The molecule has 1 aliphatic rings. The summed E-state index contributed by atoms with van der Waals surface area (Å²) in [7, 11) is 0. The first-order valence-corrected chi connectivity index (χ1v) is 7.92. The van der Waals surface area contributed by atoms with Crippen molar-refractivity contribution in [2.45, 2.75) is 5.60 Å². The number of rotatable bonds is 2. The molecule has 0 radical (unpaired) electrons. The molecule has 1 aliphatic heterocycles. The van der Waals surface area contributed by atoms with Crippen molar-refractivity contribution in [3.8, 4) is 12.3 Å². The van der Waals surface area contributed by atoms with E-state index >= 15 is 0 Å². The summed E-state index contributed by atoms with van der Waals surface area (Å²) in [5.41, 5.74) is 3.24. The summed E-state index contributed by atoms with van der Waals surface area (Å²) in [4.78, 5) is 0. The van der Waals surface area contributed by atoms with E-state index in [1.165, 1.54) is 0 Å². The Kier molecular flexibility index (Phi) is 3.44. The molecule has 114 valence electrons. The summed E-state index contributed by atoms with van der Waals surface area (Å²) in [6, 6.07) is 28.2. The van der Waals surface area contributed by atoms with Crippen LogP contribution in [-0.4, -0.2) is 0 Å². The van der Waals surface area contributed by atoms with Crippen LogP contribution in [0.1, 0.15) is 22.3 Å². The molecular formula is C23H16O. The monoisotopic (exact) mass is 308 g/mol. The van der Waals surface area contributed by atoms with Crippen molar-refractivity contribution in [3.63, 3.8) is 0 Å². The van der Waals surface area contributed by atoms with Crippen molar-refractivity contribution in [1.82, 2.24) is 0 Å². The van der Waals surface area contributed by atoms with Crippen LogP contribution in [0, 0.1) is 12.3 Å². The van der Waals surface area contributed by atoms with Gasteiger partial charge in [-0.2, -0.15) is 0 Å². The molecule has 0 bridgehead atoms. The molecule has 1 nitrogen and oxygen atoms in total. The van der Waals surface area contributed by atoms with Crippen LogP contribution in [0.2, 0.25) is 0 Å². The highest BCUT2D eigenvalue weighted by Gasteiger charge is 2.43. The zero-order valence-electron chi connectivity index (χ0n) is 13.1. The van der Waals surface area contributed by atoms with Crippen molar-refractivity contribution in [3.05, 3.63) is 107 Å². The van der Waals surface area contributed by atoms with Gasteiger partial charge in [0.05, 0.1) is 0 Å². The smallest absolute Gasteiger partial charge is 0.221 e. The molecule has 0 unspecified atom stereocenters. The number of terminal acetylenes is 1. The Labute approximate surface area is 142 Å². The van der Waals surface area contributed by atoms with Crippen LogP contribution in [0.15, 0.2) is 84.9 Å². The Hall–Kier alpha value is -3.24. The van der Waals surface area contributed by atoms with E-state index in [2.05, 4.69) is 24.1 Å². The normalized spacial score (nSPS) is 20.2. The molecule has 24 heavy (non-hydrogen) atoms. The molecule has 0 saturated carbocycles. The highest BCUT2D eigenvalue weighted by molar-refractivity contribution is 5.83. The highest BCUT2D eigenvalue weighted by atomic mass is 16.5. The summed E-state index contributed by atoms with van der Waals surface area (Å²) in [5.74, 6) is 3.71. The Morgan fingerprint density at radius 2 is 1.42 bits per heavy atom. The average Bonchev–Trinajstić information content (AvgIpc) is 2.98. The first-order valence-electron chi connectivity index (χ1n) is 7.92. The minimum Gasteiger partial charge on any atom is -0.465 e. The largest absolute Gasteiger partial charge is 0.465 e. The SMILES string of the molecule is C#C[C@]1(c2ccccc2)O/C(=C\c2ccccc2)c2ccccc21. The van der Waals surface area contributed by atoms with Crippen LogP contribution in [-0.2, 0) is 10.3 Å². The minimum atomic E-state index is -0.877. The quantitative estimate of drug-likeness (QED) is 0.599. The molecule has 0 aliphatic carbocycles. The van der Waals surface area contributed by atoms with Gasteiger partial charge in [-0.3, -0.25) is 0 Å². The molecule has 0 spiro atoms. The lowest BCUT2D eigenvalue weighted by atomic mass is 9.86. The third-order valence-corrected chi connectivity index (χ3v) is 4.32. The van der Waals surface area contributed by atoms with E-state index < -0.39 is 5.60 Å². The first kappa shape index (κ1) is 14.4. The number of hydrogen-bond donors (Lipinski definition) is 0. The van der Waals surface area contributed by atoms with Gasteiger partial charge in [-0.25, -0.2) is 0 Å². The number of fused-ring (bicyclic) bond motifs is 1. The lowest BCUT2D eigenvalue weighted by molar-refractivity contribution is 0.159. The molecule has 0 amide bonds. The third-order valence-electron chi connectivity index (χ3n) is 4.32. The van der Waals surface area contributed by atoms with E-state index in [-0.39, 0.29) is 0 Å². The zero-order chi connectivity index (χ0) is 16.4. The summed E-state index contributed by atoms with van der Waals surface area (Å²) in [5, 5.41) is 0. The third kappa shape index (κ3) is 2.21. The van der Waals surface area contributed by atoms with E-state index in [9.17, 15) is 0 Å². The van der Waals surface area contributed by atoms with Gasteiger partial charge in [-0.15, -0.1) is 6.42 Å². The van der Waals surface area contributed by atoms with Gasteiger partial charge in [-0.05, 0) is 17.6 Å². The molecular weight excluding hydrogens is 292 g/mol. The van der Waals surface area contributed by atoms with E-state index in [0.717, 1.165) is 28.0 Å². The molecule has 4 rings (SSSR count). The molecule has 0 aromatic heterocycles. The molecule has 3 aromatic rings.